The minimum Gasteiger partial charge on any atom is -0.316 e. The van der Waals surface area contributed by atoms with E-state index in [4.69, 9.17) is 0 Å². The van der Waals surface area contributed by atoms with Crippen LogP contribution in [-0.2, 0) is 4.79 Å². The van der Waals surface area contributed by atoms with Crippen molar-refractivity contribution in [2.24, 2.45) is 28.6 Å². The number of rotatable bonds is 2. The van der Waals surface area contributed by atoms with Crippen LogP contribution in [0.15, 0.2) is 23.8 Å². The molecule has 0 aromatic rings. The normalized spacial score (nSPS) is 50.1. The number of hydrogen-bond donors (Lipinski definition) is 2. The van der Waals surface area contributed by atoms with Gasteiger partial charge in [-0.2, -0.15) is 0 Å². The molecular formula is C21H32N2O. The topological polar surface area (TPSA) is 41.1 Å². The lowest BCUT2D eigenvalue weighted by Crippen LogP contribution is -2.57. The van der Waals surface area contributed by atoms with Gasteiger partial charge in [0.25, 0.3) is 0 Å². The van der Waals surface area contributed by atoms with Crippen LogP contribution in [0.3, 0.4) is 0 Å². The van der Waals surface area contributed by atoms with Crippen molar-refractivity contribution in [3.8, 4) is 0 Å². The van der Waals surface area contributed by atoms with E-state index >= 15 is 0 Å². The Labute approximate surface area is 146 Å². The third-order valence-corrected chi connectivity index (χ3v) is 8.25. The summed E-state index contributed by atoms with van der Waals surface area (Å²) < 4.78 is 0. The van der Waals surface area contributed by atoms with Crippen molar-refractivity contribution in [1.29, 1.82) is 0 Å². The van der Waals surface area contributed by atoms with Crippen LogP contribution in [-0.4, -0.2) is 32.0 Å². The summed E-state index contributed by atoms with van der Waals surface area (Å²) in [6.45, 7) is 4.91. The number of nitrogens with one attached hydrogen (secondary N) is 2. The molecule has 0 bridgehead atoms. The van der Waals surface area contributed by atoms with Crippen molar-refractivity contribution >= 4 is 5.78 Å². The van der Waals surface area contributed by atoms with Gasteiger partial charge in [0.15, 0.2) is 5.78 Å². The molecule has 0 aromatic carbocycles. The first-order chi connectivity index (χ1) is 11.4. The zero-order chi connectivity index (χ0) is 17.1. The average molecular weight is 329 g/mol. The Kier molecular flexibility index (Phi) is 3.81. The molecule has 0 radical (unpaired) electrons. The van der Waals surface area contributed by atoms with Crippen molar-refractivity contribution in [2.45, 2.75) is 58.0 Å². The lowest BCUT2D eigenvalue weighted by Gasteiger charge is -2.58. The number of hydrogen-bond acceptors (Lipinski definition) is 3. The maximum atomic E-state index is 12.0. The Balaban J connectivity index is 1.77. The molecule has 0 spiro atoms. The highest BCUT2D eigenvalue weighted by Gasteiger charge is 2.59. The molecule has 0 aliphatic heterocycles. The number of fused-ring (bicyclic) bond motifs is 5. The predicted octanol–water partition coefficient (Wildman–Crippen LogP) is 3.08. The highest BCUT2D eigenvalue weighted by atomic mass is 16.1. The lowest BCUT2D eigenvalue weighted by atomic mass is 9.48. The first-order valence-corrected chi connectivity index (χ1v) is 9.72. The zero-order valence-corrected chi connectivity index (χ0v) is 15.6. The summed E-state index contributed by atoms with van der Waals surface area (Å²) in [6.07, 6.45) is 12.4. The van der Waals surface area contributed by atoms with Crippen molar-refractivity contribution in [3.05, 3.63) is 23.8 Å². The second kappa shape index (κ2) is 5.54. The smallest absolute Gasteiger partial charge is 0.159 e. The summed E-state index contributed by atoms with van der Waals surface area (Å²) in [5.74, 6) is 2.38. The van der Waals surface area contributed by atoms with Crippen LogP contribution in [0, 0.1) is 28.6 Å². The summed E-state index contributed by atoms with van der Waals surface area (Å²) in [4.78, 5) is 12.0. The summed E-state index contributed by atoms with van der Waals surface area (Å²) in [5.41, 5.74) is 1.87. The van der Waals surface area contributed by atoms with Crippen LogP contribution in [0.25, 0.3) is 0 Å². The first-order valence-electron chi connectivity index (χ1n) is 9.72. The van der Waals surface area contributed by atoms with Gasteiger partial charge in [-0.1, -0.05) is 31.6 Å². The van der Waals surface area contributed by atoms with Crippen molar-refractivity contribution < 1.29 is 4.79 Å². The molecule has 3 nitrogen and oxygen atoms in total. The molecule has 3 heteroatoms. The third kappa shape index (κ3) is 2.07. The molecule has 132 valence electrons. The Hall–Kier alpha value is -0.930. The van der Waals surface area contributed by atoms with Crippen LogP contribution in [0.4, 0.5) is 0 Å². The Morgan fingerprint density at radius 1 is 1.08 bits per heavy atom. The van der Waals surface area contributed by atoms with E-state index in [2.05, 4.69) is 50.7 Å². The molecule has 24 heavy (non-hydrogen) atoms. The van der Waals surface area contributed by atoms with Gasteiger partial charge in [-0.15, -0.1) is 0 Å². The summed E-state index contributed by atoms with van der Waals surface area (Å²) in [6, 6.07) is 1.07. The monoisotopic (exact) mass is 328 g/mol. The number of likely N-dealkylation sites (N-methyl/N-ethyl adjacent to an activating group) is 1. The van der Waals surface area contributed by atoms with Crippen molar-refractivity contribution in [1.82, 2.24) is 10.6 Å². The van der Waals surface area contributed by atoms with Gasteiger partial charge in [-0.25, -0.2) is 0 Å². The van der Waals surface area contributed by atoms with Gasteiger partial charge in [0.2, 0.25) is 0 Å². The van der Waals surface area contributed by atoms with Crippen LogP contribution >= 0.6 is 0 Å². The fourth-order valence-electron chi connectivity index (χ4n) is 6.88. The van der Waals surface area contributed by atoms with Gasteiger partial charge in [-0.3, -0.25) is 4.79 Å². The molecular weight excluding hydrogens is 296 g/mol. The molecule has 2 N–H and O–H groups in total. The van der Waals surface area contributed by atoms with Crippen LogP contribution in [0.2, 0.25) is 0 Å². The van der Waals surface area contributed by atoms with Gasteiger partial charge in [0, 0.05) is 23.9 Å². The largest absolute Gasteiger partial charge is 0.316 e. The fourth-order valence-corrected chi connectivity index (χ4v) is 6.88. The van der Waals surface area contributed by atoms with E-state index < -0.39 is 0 Å². The number of carbonyl (C=O) groups excluding carboxylic acids is 1. The molecule has 2 unspecified atom stereocenters. The van der Waals surface area contributed by atoms with E-state index in [1.807, 2.05) is 6.08 Å². The Morgan fingerprint density at radius 3 is 2.58 bits per heavy atom. The summed E-state index contributed by atoms with van der Waals surface area (Å²) in [7, 11) is 4.23. The highest BCUT2D eigenvalue weighted by Crippen LogP contribution is 2.63. The average Bonchev–Trinajstić information content (AvgIpc) is 2.91. The van der Waals surface area contributed by atoms with E-state index in [1.165, 1.54) is 31.3 Å². The second-order valence-corrected chi connectivity index (χ2v) is 9.02. The van der Waals surface area contributed by atoms with Gasteiger partial charge >= 0.3 is 0 Å². The Bertz CT molecular complexity index is 609. The van der Waals surface area contributed by atoms with Gasteiger partial charge in [0.05, 0.1) is 0 Å². The number of ketones is 1. The van der Waals surface area contributed by atoms with Crippen LogP contribution in [0.5, 0.6) is 0 Å². The fraction of sp³-hybridized carbons (Fsp3) is 0.762. The lowest BCUT2D eigenvalue weighted by molar-refractivity contribution is -0.115. The summed E-state index contributed by atoms with van der Waals surface area (Å²) in [5, 5.41) is 7.21. The molecule has 7 atom stereocenters. The van der Waals surface area contributed by atoms with Crippen molar-refractivity contribution in [3.63, 3.8) is 0 Å². The zero-order valence-electron chi connectivity index (χ0n) is 15.6. The van der Waals surface area contributed by atoms with Crippen molar-refractivity contribution in [2.75, 3.05) is 14.1 Å². The second-order valence-electron chi connectivity index (χ2n) is 9.02. The van der Waals surface area contributed by atoms with Gasteiger partial charge in [0.1, 0.15) is 0 Å². The maximum Gasteiger partial charge on any atom is 0.159 e. The predicted molar refractivity (Wildman–Crippen MR) is 97.7 cm³/mol. The van der Waals surface area contributed by atoms with E-state index in [0.29, 0.717) is 35.8 Å². The first kappa shape index (κ1) is 16.5. The maximum absolute atomic E-state index is 12.0. The molecule has 2 saturated carbocycles. The molecule has 4 rings (SSSR count). The third-order valence-electron chi connectivity index (χ3n) is 8.25. The molecule has 0 amide bonds. The standard InChI is InChI=1S/C21H32N2O/c1-20-9-7-14(24)11-13(20)12-17(22-3)19-15-5-6-18(23-4)21(15,2)10-8-16(19)20/h7,9,12,15-19,22-23H,5-6,8,10-11H2,1-4H3/t15-,16+,17?,18?,19-,20-,21-/m0/s1. The molecule has 4 aliphatic carbocycles. The molecule has 2 fully saturated rings. The molecule has 0 saturated heterocycles. The molecule has 0 heterocycles. The van der Waals surface area contributed by atoms with E-state index in [-0.39, 0.29) is 11.2 Å². The Morgan fingerprint density at radius 2 is 1.88 bits per heavy atom. The number of allylic oxidation sites excluding steroid dienone is 3. The van der Waals surface area contributed by atoms with E-state index in [1.54, 1.807) is 0 Å². The van der Waals surface area contributed by atoms with E-state index in [9.17, 15) is 4.79 Å². The van der Waals surface area contributed by atoms with E-state index in [0.717, 1.165) is 5.92 Å². The minimum atomic E-state index is 0.0883. The quantitative estimate of drug-likeness (QED) is 0.766. The number of carbonyl (C=O) groups is 1. The van der Waals surface area contributed by atoms with Gasteiger partial charge < -0.3 is 10.6 Å². The van der Waals surface area contributed by atoms with Gasteiger partial charge in [-0.05, 0) is 69.0 Å². The molecule has 4 aliphatic rings. The SMILES string of the molecule is CNC1C=C2CC(=O)C=C[C@]2(C)[C@@H]2CC[C@]3(C)C(NC)CC[C@H]3[C@H]12. The van der Waals surface area contributed by atoms with Crippen LogP contribution < -0.4 is 10.6 Å². The molecule has 0 aromatic heterocycles. The highest BCUT2D eigenvalue weighted by molar-refractivity contribution is 5.93. The summed E-state index contributed by atoms with van der Waals surface area (Å²) >= 11 is 0. The minimum absolute atomic E-state index is 0.0883. The van der Waals surface area contributed by atoms with Crippen LogP contribution in [0.1, 0.15) is 46.0 Å².